The first-order valence-corrected chi connectivity index (χ1v) is 10.4. The molecule has 1 aromatic carbocycles. The van der Waals surface area contributed by atoms with Gasteiger partial charge in [0.05, 0.1) is 0 Å². The molecule has 1 unspecified atom stereocenters. The molecule has 0 fully saturated rings. The topological polar surface area (TPSA) is 93.0 Å². The summed E-state index contributed by atoms with van der Waals surface area (Å²) in [5, 5.41) is 7.04. The Kier molecular flexibility index (Phi) is 6.06. The minimum absolute atomic E-state index is 0.0171. The summed E-state index contributed by atoms with van der Waals surface area (Å²) in [6.07, 6.45) is 5.68. The van der Waals surface area contributed by atoms with Crippen molar-refractivity contribution in [2.45, 2.75) is 45.8 Å². The molecule has 1 atom stereocenters. The smallest absolute Gasteiger partial charge is 0.243 e. The zero-order valence-electron chi connectivity index (χ0n) is 17.7. The second kappa shape index (κ2) is 9.07. The van der Waals surface area contributed by atoms with Crippen molar-refractivity contribution in [2.24, 2.45) is 5.92 Å². The monoisotopic (exact) mass is 418 g/mol. The second-order valence-electron chi connectivity index (χ2n) is 8.19. The third-order valence-electron chi connectivity index (χ3n) is 5.38. The summed E-state index contributed by atoms with van der Waals surface area (Å²) in [5.74, 6) is 0.764. The van der Waals surface area contributed by atoms with Crippen LogP contribution in [0.3, 0.4) is 0 Å². The van der Waals surface area contributed by atoms with Crippen molar-refractivity contribution in [1.29, 1.82) is 0 Å². The number of hydrogen-bond donors (Lipinski definition) is 1. The molecule has 4 rings (SSSR count). The molecule has 0 spiro atoms. The first-order chi connectivity index (χ1) is 15.0. The van der Waals surface area contributed by atoms with E-state index in [0.29, 0.717) is 31.7 Å². The minimum Gasteiger partial charge on any atom is -0.350 e. The van der Waals surface area contributed by atoms with Gasteiger partial charge in [0.25, 0.3) is 0 Å². The third-order valence-corrected chi connectivity index (χ3v) is 5.38. The van der Waals surface area contributed by atoms with Gasteiger partial charge in [-0.25, -0.2) is 14.6 Å². The zero-order chi connectivity index (χ0) is 21.8. The summed E-state index contributed by atoms with van der Waals surface area (Å²) in [6.45, 7) is 4.84. The van der Waals surface area contributed by atoms with Gasteiger partial charge in [-0.1, -0.05) is 44.2 Å². The van der Waals surface area contributed by atoms with Crippen molar-refractivity contribution >= 4 is 11.8 Å². The molecule has 1 aliphatic heterocycles. The molecule has 0 bridgehead atoms. The van der Waals surface area contributed by atoms with Gasteiger partial charge in [-0.3, -0.25) is 9.59 Å². The molecular weight excluding hydrogens is 392 g/mol. The van der Waals surface area contributed by atoms with E-state index in [-0.39, 0.29) is 17.7 Å². The van der Waals surface area contributed by atoms with Crippen LogP contribution in [0.15, 0.2) is 55.2 Å². The fourth-order valence-corrected chi connectivity index (χ4v) is 3.78. The number of hydrogen-bond acceptors (Lipinski definition) is 5. The molecule has 160 valence electrons. The average Bonchev–Trinajstić information content (AvgIpc) is 3.31. The number of nitrogens with zero attached hydrogens (tertiary/aromatic N) is 5. The third kappa shape index (κ3) is 4.79. The molecule has 8 heteroatoms. The molecule has 2 aromatic heterocycles. The number of benzene rings is 1. The number of amides is 2. The van der Waals surface area contributed by atoms with E-state index in [4.69, 9.17) is 0 Å². The van der Waals surface area contributed by atoms with Crippen molar-refractivity contribution in [1.82, 2.24) is 30.0 Å². The number of pyridine rings is 1. The van der Waals surface area contributed by atoms with Crippen molar-refractivity contribution in [3.63, 3.8) is 0 Å². The molecule has 0 radical (unpaired) electrons. The standard InChI is InChI=1S/C23H26N6O2/c1-16(2)9-22(30)28-13-19-6-4-3-5-18(19)10-20(28)23(31)26-12-17-7-8-21(25-11-17)29-15-24-14-27-29/h3-8,11,14-16,20H,9-10,12-13H2,1-2H3,(H,26,31). The van der Waals surface area contributed by atoms with E-state index in [0.717, 1.165) is 16.7 Å². The molecular formula is C23H26N6O2. The van der Waals surface area contributed by atoms with E-state index in [9.17, 15) is 9.59 Å². The Balaban J connectivity index is 1.45. The van der Waals surface area contributed by atoms with E-state index >= 15 is 0 Å². The average molecular weight is 419 g/mol. The zero-order valence-corrected chi connectivity index (χ0v) is 17.7. The maximum absolute atomic E-state index is 13.1. The fourth-order valence-electron chi connectivity index (χ4n) is 3.78. The van der Waals surface area contributed by atoms with Gasteiger partial charge in [0, 0.05) is 32.1 Å². The summed E-state index contributed by atoms with van der Waals surface area (Å²) >= 11 is 0. The molecule has 0 saturated carbocycles. The summed E-state index contributed by atoms with van der Waals surface area (Å²) in [5.41, 5.74) is 3.10. The van der Waals surface area contributed by atoms with E-state index in [1.54, 1.807) is 22.1 Å². The van der Waals surface area contributed by atoms with Gasteiger partial charge in [-0.15, -0.1) is 0 Å². The summed E-state index contributed by atoms with van der Waals surface area (Å²) in [7, 11) is 0. The lowest BCUT2D eigenvalue weighted by Crippen LogP contribution is -2.52. The van der Waals surface area contributed by atoms with Gasteiger partial charge in [0.15, 0.2) is 5.82 Å². The lowest BCUT2D eigenvalue weighted by atomic mass is 9.92. The molecule has 1 N–H and O–H groups in total. The van der Waals surface area contributed by atoms with Gasteiger partial charge < -0.3 is 10.2 Å². The van der Waals surface area contributed by atoms with Crippen LogP contribution < -0.4 is 5.32 Å². The molecule has 0 aliphatic carbocycles. The predicted octanol–water partition coefficient (Wildman–Crippen LogP) is 2.28. The Bertz CT molecular complexity index is 1050. The van der Waals surface area contributed by atoms with Crippen LogP contribution >= 0.6 is 0 Å². The SMILES string of the molecule is CC(C)CC(=O)N1Cc2ccccc2CC1C(=O)NCc1ccc(-n2cncn2)nc1. The molecule has 1 aliphatic rings. The maximum atomic E-state index is 13.1. The number of carbonyl (C=O) groups excluding carboxylic acids is 2. The van der Waals surface area contributed by atoms with Crippen LogP contribution in [0.1, 0.15) is 37.0 Å². The van der Waals surface area contributed by atoms with E-state index in [1.807, 2.05) is 50.2 Å². The fraction of sp³-hybridized carbons (Fsp3) is 0.348. The van der Waals surface area contributed by atoms with Crippen LogP contribution in [0.25, 0.3) is 5.82 Å². The number of aromatic nitrogens is 4. The Morgan fingerprint density at radius 1 is 1.16 bits per heavy atom. The van der Waals surface area contributed by atoms with Crippen LogP contribution in [-0.2, 0) is 29.1 Å². The Labute approximate surface area is 181 Å². The molecule has 8 nitrogen and oxygen atoms in total. The lowest BCUT2D eigenvalue weighted by Gasteiger charge is -2.36. The summed E-state index contributed by atoms with van der Waals surface area (Å²) in [4.78, 5) is 36.0. The largest absolute Gasteiger partial charge is 0.350 e. The highest BCUT2D eigenvalue weighted by Gasteiger charge is 2.34. The molecule has 3 aromatic rings. The minimum atomic E-state index is -0.511. The Hall–Kier alpha value is -3.55. The first-order valence-electron chi connectivity index (χ1n) is 10.4. The molecule has 31 heavy (non-hydrogen) atoms. The van der Waals surface area contributed by atoms with Crippen molar-refractivity contribution in [2.75, 3.05) is 0 Å². The van der Waals surface area contributed by atoms with Crippen molar-refractivity contribution in [3.05, 3.63) is 71.9 Å². The van der Waals surface area contributed by atoms with Gasteiger partial charge >= 0.3 is 0 Å². The summed E-state index contributed by atoms with van der Waals surface area (Å²) < 4.78 is 1.57. The number of rotatable bonds is 6. The summed E-state index contributed by atoms with van der Waals surface area (Å²) in [6, 6.07) is 11.2. The second-order valence-corrected chi connectivity index (χ2v) is 8.19. The number of carbonyl (C=O) groups is 2. The molecule has 3 heterocycles. The highest BCUT2D eigenvalue weighted by molar-refractivity contribution is 5.88. The highest BCUT2D eigenvalue weighted by Crippen LogP contribution is 2.25. The Morgan fingerprint density at radius 3 is 2.65 bits per heavy atom. The van der Waals surface area contributed by atoms with Crippen molar-refractivity contribution < 1.29 is 9.59 Å². The Morgan fingerprint density at radius 2 is 1.97 bits per heavy atom. The van der Waals surface area contributed by atoms with Crippen LogP contribution in [0.2, 0.25) is 0 Å². The van der Waals surface area contributed by atoms with Crippen LogP contribution in [-0.4, -0.2) is 42.5 Å². The van der Waals surface area contributed by atoms with E-state index < -0.39 is 6.04 Å². The lowest BCUT2D eigenvalue weighted by molar-refractivity contribution is -0.142. The highest BCUT2D eigenvalue weighted by atomic mass is 16.2. The number of nitrogens with one attached hydrogen (secondary N) is 1. The number of fused-ring (bicyclic) bond motifs is 1. The van der Waals surface area contributed by atoms with Gasteiger partial charge in [0.1, 0.15) is 18.7 Å². The quantitative estimate of drug-likeness (QED) is 0.663. The maximum Gasteiger partial charge on any atom is 0.243 e. The van der Waals surface area contributed by atoms with Gasteiger partial charge in [-0.05, 0) is 28.7 Å². The van der Waals surface area contributed by atoms with Crippen molar-refractivity contribution in [3.8, 4) is 5.82 Å². The van der Waals surface area contributed by atoms with Gasteiger partial charge in [0.2, 0.25) is 11.8 Å². The van der Waals surface area contributed by atoms with E-state index in [2.05, 4.69) is 20.4 Å². The van der Waals surface area contributed by atoms with Gasteiger partial charge in [-0.2, -0.15) is 5.10 Å². The van der Waals surface area contributed by atoms with Crippen LogP contribution in [0.5, 0.6) is 0 Å². The van der Waals surface area contributed by atoms with Crippen LogP contribution in [0.4, 0.5) is 0 Å². The first kappa shape index (κ1) is 20.7. The van der Waals surface area contributed by atoms with Crippen LogP contribution in [0, 0.1) is 5.92 Å². The molecule has 0 saturated heterocycles. The normalized spacial score (nSPS) is 15.6. The predicted molar refractivity (Wildman–Crippen MR) is 115 cm³/mol. The van der Waals surface area contributed by atoms with E-state index in [1.165, 1.54) is 6.33 Å². The molecule has 2 amide bonds.